The second kappa shape index (κ2) is 8.84. The number of rotatable bonds is 8. The Balaban J connectivity index is 1.59. The Hall–Kier alpha value is -2.93. The predicted molar refractivity (Wildman–Crippen MR) is 102 cm³/mol. The van der Waals surface area contributed by atoms with Gasteiger partial charge in [-0.2, -0.15) is 0 Å². The molecule has 1 saturated heterocycles. The second-order valence-corrected chi connectivity index (χ2v) is 7.06. The number of ether oxygens (including phenoxy) is 2. The second-order valence-electron chi connectivity index (χ2n) is 7.06. The fraction of sp³-hybridized carbons (Fsp3) is 0.381. The average Bonchev–Trinajstić information content (AvgIpc) is 3.14. The number of pyridine rings is 1. The Bertz CT molecular complexity index is 827. The minimum Gasteiger partial charge on any atom is -0.489 e. The molecule has 7 heteroatoms. The van der Waals surface area contributed by atoms with E-state index < -0.39 is 11.4 Å². The summed E-state index contributed by atoms with van der Waals surface area (Å²) in [5.74, 6) is -0.339. The number of benzene rings is 1. The maximum absolute atomic E-state index is 12.7. The highest BCUT2D eigenvalue weighted by atomic mass is 16.5. The molecule has 1 amide bonds. The largest absolute Gasteiger partial charge is 0.489 e. The number of hydrogen-bond acceptors (Lipinski definition) is 5. The number of carbonyl (C=O) groups is 2. The van der Waals surface area contributed by atoms with E-state index in [2.05, 4.69) is 4.98 Å². The van der Waals surface area contributed by atoms with Crippen molar-refractivity contribution in [2.45, 2.75) is 19.4 Å². The van der Waals surface area contributed by atoms with Crippen molar-refractivity contribution in [2.24, 2.45) is 5.41 Å². The van der Waals surface area contributed by atoms with Crippen molar-refractivity contribution >= 4 is 11.9 Å². The van der Waals surface area contributed by atoms with Gasteiger partial charge in [0.2, 0.25) is 5.91 Å². The Kier molecular flexibility index (Phi) is 6.26. The summed E-state index contributed by atoms with van der Waals surface area (Å²) in [7, 11) is 1.48. The zero-order valence-electron chi connectivity index (χ0n) is 15.8. The van der Waals surface area contributed by atoms with Gasteiger partial charge in [0.15, 0.2) is 0 Å². The van der Waals surface area contributed by atoms with Crippen molar-refractivity contribution in [3.8, 4) is 5.75 Å². The molecule has 2 heterocycles. The maximum atomic E-state index is 12.7. The van der Waals surface area contributed by atoms with Gasteiger partial charge in [-0.3, -0.25) is 14.6 Å². The lowest BCUT2D eigenvalue weighted by molar-refractivity contribution is -0.151. The van der Waals surface area contributed by atoms with Crippen molar-refractivity contribution in [1.29, 1.82) is 0 Å². The lowest BCUT2D eigenvalue weighted by Crippen LogP contribution is -2.40. The molecule has 1 aromatic carbocycles. The van der Waals surface area contributed by atoms with Gasteiger partial charge in [0.1, 0.15) is 17.8 Å². The maximum Gasteiger partial charge on any atom is 0.313 e. The number of carboxylic acids is 1. The van der Waals surface area contributed by atoms with Crippen LogP contribution in [0.2, 0.25) is 0 Å². The first kappa shape index (κ1) is 19.8. The summed E-state index contributed by atoms with van der Waals surface area (Å²) in [4.78, 5) is 30.0. The average molecular weight is 384 g/mol. The number of aromatic nitrogens is 1. The molecule has 2 aromatic rings. The van der Waals surface area contributed by atoms with E-state index in [4.69, 9.17) is 9.47 Å². The van der Waals surface area contributed by atoms with Crippen LogP contribution >= 0.6 is 0 Å². The van der Waals surface area contributed by atoms with Crippen LogP contribution in [-0.2, 0) is 27.4 Å². The number of nitrogens with zero attached hydrogens (tertiary/aromatic N) is 2. The fourth-order valence-electron chi connectivity index (χ4n) is 3.40. The molecular formula is C21H24N2O5. The molecule has 148 valence electrons. The van der Waals surface area contributed by atoms with Crippen molar-refractivity contribution in [3.63, 3.8) is 0 Å². The van der Waals surface area contributed by atoms with E-state index in [1.807, 2.05) is 36.4 Å². The molecule has 0 radical (unpaired) electrons. The van der Waals surface area contributed by atoms with E-state index in [0.717, 1.165) is 11.1 Å². The first-order chi connectivity index (χ1) is 13.5. The van der Waals surface area contributed by atoms with E-state index in [0.29, 0.717) is 25.3 Å². The first-order valence-electron chi connectivity index (χ1n) is 9.13. The molecule has 0 aliphatic carbocycles. The Morgan fingerprint density at radius 3 is 2.79 bits per heavy atom. The minimum absolute atomic E-state index is 0.0939. The summed E-state index contributed by atoms with van der Waals surface area (Å²) in [5.41, 5.74) is 0.775. The monoisotopic (exact) mass is 384 g/mol. The highest BCUT2D eigenvalue weighted by Crippen LogP contribution is 2.31. The van der Waals surface area contributed by atoms with Gasteiger partial charge in [-0.15, -0.1) is 0 Å². The number of amides is 1. The molecule has 1 aliphatic rings. The molecule has 7 nitrogen and oxygen atoms in total. The van der Waals surface area contributed by atoms with Crippen LogP contribution in [0.25, 0.3) is 0 Å². The van der Waals surface area contributed by atoms with Crippen LogP contribution in [0.5, 0.6) is 5.75 Å². The SMILES string of the molecule is COCC1(C(=O)O)CCN(C(=O)Cc2cccc(OCc3cccnc3)c2)C1. The Labute approximate surface area is 163 Å². The van der Waals surface area contributed by atoms with Crippen molar-refractivity contribution in [2.75, 3.05) is 26.8 Å². The van der Waals surface area contributed by atoms with Crippen molar-refractivity contribution in [3.05, 3.63) is 59.9 Å². The molecule has 1 atom stereocenters. The smallest absolute Gasteiger partial charge is 0.313 e. The first-order valence-corrected chi connectivity index (χ1v) is 9.13. The molecule has 1 unspecified atom stereocenters. The van der Waals surface area contributed by atoms with E-state index >= 15 is 0 Å². The summed E-state index contributed by atoms with van der Waals surface area (Å²) >= 11 is 0. The van der Waals surface area contributed by atoms with Gasteiger partial charge in [-0.05, 0) is 30.2 Å². The molecule has 28 heavy (non-hydrogen) atoms. The highest BCUT2D eigenvalue weighted by Gasteiger charge is 2.46. The number of hydrogen-bond donors (Lipinski definition) is 1. The Morgan fingerprint density at radius 1 is 1.25 bits per heavy atom. The van der Waals surface area contributed by atoms with Crippen LogP contribution in [0.3, 0.4) is 0 Å². The number of likely N-dealkylation sites (tertiary alicyclic amines) is 1. The van der Waals surface area contributed by atoms with Crippen molar-refractivity contribution in [1.82, 2.24) is 9.88 Å². The van der Waals surface area contributed by atoms with Crippen LogP contribution in [0, 0.1) is 5.41 Å². The van der Waals surface area contributed by atoms with E-state index in [1.165, 1.54) is 7.11 Å². The molecule has 0 spiro atoms. The van der Waals surface area contributed by atoms with Crippen molar-refractivity contribution < 1.29 is 24.2 Å². The fourth-order valence-corrected chi connectivity index (χ4v) is 3.40. The van der Waals surface area contributed by atoms with Crippen LogP contribution in [0.15, 0.2) is 48.8 Å². The third-order valence-electron chi connectivity index (χ3n) is 4.96. The highest BCUT2D eigenvalue weighted by molar-refractivity contribution is 5.82. The van der Waals surface area contributed by atoms with Gasteiger partial charge in [0.05, 0.1) is 13.0 Å². The molecule has 1 aromatic heterocycles. The zero-order chi connectivity index (χ0) is 20.0. The summed E-state index contributed by atoms with van der Waals surface area (Å²) in [5, 5.41) is 9.53. The minimum atomic E-state index is -1.01. The summed E-state index contributed by atoms with van der Waals surface area (Å²) in [6.45, 7) is 1.09. The van der Waals surface area contributed by atoms with E-state index in [-0.39, 0.29) is 25.5 Å². The molecular weight excluding hydrogens is 360 g/mol. The van der Waals surface area contributed by atoms with Crippen LogP contribution in [-0.4, -0.2) is 53.7 Å². The topological polar surface area (TPSA) is 89.0 Å². The van der Waals surface area contributed by atoms with Gasteiger partial charge in [0, 0.05) is 38.2 Å². The zero-order valence-corrected chi connectivity index (χ0v) is 15.8. The normalized spacial score (nSPS) is 18.8. The quantitative estimate of drug-likeness (QED) is 0.750. The van der Waals surface area contributed by atoms with Gasteiger partial charge in [0.25, 0.3) is 0 Å². The third kappa shape index (κ3) is 4.67. The van der Waals surface area contributed by atoms with E-state index in [9.17, 15) is 14.7 Å². The molecule has 3 rings (SSSR count). The van der Waals surface area contributed by atoms with Crippen LogP contribution < -0.4 is 4.74 Å². The summed E-state index contributed by atoms with van der Waals surface area (Å²) in [6.07, 6.45) is 4.05. The number of carboxylic acid groups (broad SMARTS) is 1. The molecule has 0 bridgehead atoms. The molecule has 1 fully saturated rings. The van der Waals surface area contributed by atoms with Crippen LogP contribution in [0.4, 0.5) is 0 Å². The number of aliphatic carboxylic acids is 1. The standard InChI is InChI=1S/C21H24N2O5/c1-27-15-21(20(25)26)7-9-23(14-21)19(24)11-16-4-2-6-18(10-16)28-13-17-5-3-8-22-12-17/h2-6,8,10,12H,7,9,11,13-15H2,1H3,(H,25,26). The summed E-state index contributed by atoms with van der Waals surface area (Å²) in [6, 6.07) is 11.2. The lowest BCUT2D eigenvalue weighted by atomic mass is 9.88. The Morgan fingerprint density at radius 2 is 2.07 bits per heavy atom. The molecule has 0 saturated carbocycles. The number of carbonyl (C=O) groups excluding carboxylic acids is 1. The van der Waals surface area contributed by atoms with Gasteiger partial charge < -0.3 is 19.5 Å². The molecule has 1 aliphatic heterocycles. The van der Waals surface area contributed by atoms with Gasteiger partial charge >= 0.3 is 5.97 Å². The summed E-state index contributed by atoms with van der Waals surface area (Å²) < 4.78 is 10.9. The lowest BCUT2D eigenvalue weighted by Gasteiger charge is -2.23. The molecule has 1 N–H and O–H groups in total. The van der Waals surface area contributed by atoms with E-state index in [1.54, 1.807) is 17.3 Å². The van der Waals surface area contributed by atoms with Gasteiger partial charge in [-0.1, -0.05) is 18.2 Å². The third-order valence-corrected chi connectivity index (χ3v) is 4.96. The number of methoxy groups -OCH3 is 1. The van der Waals surface area contributed by atoms with Gasteiger partial charge in [-0.25, -0.2) is 0 Å². The van der Waals surface area contributed by atoms with Crippen LogP contribution in [0.1, 0.15) is 17.5 Å². The predicted octanol–water partition coefficient (Wildman–Crippen LogP) is 2.15.